The largest absolute Gasteiger partial charge is 0.327 e. The Balaban J connectivity index is 2.53. The first-order chi connectivity index (χ1) is 6.74. The summed E-state index contributed by atoms with van der Waals surface area (Å²) in [6.45, 7) is 7.61. The third-order valence-corrected chi connectivity index (χ3v) is 2.81. The molecule has 0 bridgehead atoms. The maximum absolute atomic E-state index is 5.92. The van der Waals surface area contributed by atoms with Crippen molar-refractivity contribution in [3.05, 3.63) is 47.5 Å². The summed E-state index contributed by atoms with van der Waals surface area (Å²) >= 11 is 0. The van der Waals surface area contributed by atoms with Crippen LogP contribution in [-0.4, -0.2) is 6.04 Å². The van der Waals surface area contributed by atoms with Crippen molar-refractivity contribution >= 4 is 12.2 Å². The fourth-order valence-electron chi connectivity index (χ4n) is 2.10. The predicted octanol–water partition coefficient (Wildman–Crippen LogP) is 2.40. The highest BCUT2D eigenvalue weighted by Gasteiger charge is 2.18. The molecule has 1 nitrogen and oxygen atoms in total. The lowest BCUT2D eigenvalue weighted by molar-refractivity contribution is 0.721. The third kappa shape index (κ3) is 1.40. The van der Waals surface area contributed by atoms with E-state index in [2.05, 4.69) is 25.3 Å². The first-order valence-electron chi connectivity index (χ1n) is 4.91. The smallest absolute Gasteiger partial charge is 0.0120 e. The van der Waals surface area contributed by atoms with Crippen LogP contribution in [0.15, 0.2) is 25.3 Å². The topological polar surface area (TPSA) is 26.0 Å². The molecule has 0 heterocycles. The molecule has 14 heavy (non-hydrogen) atoms. The predicted molar refractivity (Wildman–Crippen MR) is 62.0 cm³/mol. The van der Waals surface area contributed by atoms with Crippen molar-refractivity contribution in [1.82, 2.24) is 0 Å². The summed E-state index contributed by atoms with van der Waals surface area (Å²) in [5, 5.41) is 0. The van der Waals surface area contributed by atoms with Gasteiger partial charge in [-0.15, -0.1) is 0 Å². The van der Waals surface area contributed by atoms with E-state index in [-0.39, 0.29) is 0 Å². The van der Waals surface area contributed by atoms with Crippen molar-refractivity contribution in [3.8, 4) is 0 Å². The quantitative estimate of drug-likeness (QED) is 0.752. The lowest BCUT2D eigenvalue weighted by Gasteiger charge is -2.05. The summed E-state index contributed by atoms with van der Waals surface area (Å²) in [7, 11) is 0. The van der Waals surface area contributed by atoms with E-state index in [1.54, 1.807) is 0 Å². The highest BCUT2D eigenvalue weighted by atomic mass is 14.6. The molecule has 0 radical (unpaired) electrons. The summed E-state index contributed by atoms with van der Waals surface area (Å²) in [6, 6.07) is 4.67. The number of benzene rings is 1. The molecule has 0 saturated carbocycles. The number of rotatable bonds is 2. The van der Waals surface area contributed by atoms with Gasteiger partial charge in [-0.25, -0.2) is 0 Å². The maximum Gasteiger partial charge on any atom is 0.0120 e. The molecule has 1 heteroatoms. The molecule has 1 aliphatic carbocycles. The van der Waals surface area contributed by atoms with Crippen LogP contribution in [0.2, 0.25) is 0 Å². The van der Waals surface area contributed by atoms with Crippen molar-refractivity contribution in [3.63, 3.8) is 0 Å². The van der Waals surface area contributed by atoms with Gasteiger partial charge in [-0.3, -0.25) is 0 Å². The summed E-state index contributed by atoms with van der Waals surface area (Å²) in [5.41, 5.74) is 11.0. The molecule has 0 unspecified atom stereocenters. The molecule has 0 spiro atoms. The Hall–Kier alpha value is -1.34. The highest BCUT2D eigenvalue weighted by molar-refractivity contribution is 5.66. The fourth-order valence-corrected chi connectivity index (χ4v) is 2.10. The first kappa shape index (κ1) is 9.22. The maximum atomic E-state index is 5.92. The van der Waals surface area contributed by atoms with E-state index in [0.29, 0.717) is 6.04 Å². The Morgan fingerprint density at radius 3 is 1.86 bits per heavy atom. The van der Waals surface area contributed by atoms with E-state index >= 15 is 0 Å². The normalized spacial score (nSPS) is 15.2. The van der Waals surface area contributed by atoms with E-state index < -0.39 is 0 Å². The minimum absolute atomic E-state index is 0.294. The lowest BCUT2D eigenvalue weighted by Crippen LogP contribution is -2.18. The molecule has 1 aromatic carbocycles. The molecule has 0 aliphatic heterocycles. The SMILES string of the molecule is C=Cc1cc2c(cc1C=C)CC(N)C2. The number of hydrogen-bond acceptors (Lipinski definition) is 1. The van der Waals surface area contributed by atoms with Crippen molar-refractivity contribution in [2.75, 3.05) is 0 Å². The van der Waals surface area contributed by atoms with Crippen molar-refractivity contribution < 1.29 is 0 Å². The van der Waals surface area contributed by atoms with Gasteiger partial charge in [0, 0.05) is 6.04 Å². The van der Waals surface area contributed by atoms with Crippen LogP contribution in [-0.2, 0) is 12.8 Å². The van der Waals surface area contributed by atoms with Crippen LogP contribution in [0.25, 0.3) is 12.2 Å². The van der Waals surface area contributed by atoms with E-state index in [0.717, 1.165) is 24.0 Å². The molecule has 72 valence electrons. The van der Waals surface area contributed by atoms with Crippen LogP contribution < -0.4 is 5.73 Å². The number of nitrogens with two attached hydrogens (primary N) is 1. The molecular weight excluding hydrogens is 170 g/mol. The monoisotopic (exact) mass is 185 g/mol. The van der Waals surface area contributed by atoms with E-state index in [9.17, 15) is 0 Å². The molecule has 1 aromatic rings. The molecule has 0 aromatic heterocycles. The van der Waals surface area contributed by atoms with Gasteiger partial charge in [0.25, 0.3) is 0 Å². The van der Waals surface area contributed by atoms with Gasteiger partial charge >= 0.3 is 0 Å². The number of fused-ring (bicyclic) bond motifs is 1. The standard InChI is InChI=1S/C13H15N/c1-3-9-5-11-7-13(14)8-12(11)6-10(9)4-2/h3-6,13H,1-2,7-8,14H2. The van der Waals surface area contributed by atoms with Crippen LogP contribution >= 0.6 is 0 Å². The van der Waals surface area contributed by atoms with E-state index in [4.69, 9.17) is 5.73 Å². The molecule has 1 aliphatic rings. The van der Waals surface area contributed by atoms with Gasteiger partial charge in [0.05, 0.1) is 0 Å². The van der Waals surface area contributed by atoms with Gasteiger partial charge in [0.1, 0.15) is 0 Å². The minimum atomic E-state index is 0.294. The summed E-state index contributed by atoms with van der Waals surface area (Å²) < 4.78 is 0. The molecule has 0 saturated heterocycles. The lowest BCUT2D eigenvalue weighted by atomic mass is 10.00. The molecule has 0 fully saturated rings. The molecular formula is C13H15N. The second kappa shape index (κ2) is 3.43. The fraction of sp³-hybridized carbons (Fsp3) is 0.231. The second-order valence-corrected chi connectivity index (χ2v) is 3.83. The van der Waals surface area contributed by atoms with Gasteiger partial charge in [-0.2, -0.15) is 0 Å². The third-order valence-electron chi connectivity index (χ3n) is 2.81. The zero-order valence-corrected chi connectivity index (χ0v) is 8.29. The second-order valence-electron chi connectivity index (χ2n) is 3.83. The van der Waals surface area contributed by atoms with Crippen LogP contribution in [0.1, 0.15) is 22.3 Å². The molecule has 2 rings (SSSR count). The van der Waals surface area contributed by atoms with Crippen LogP contribution in [0.5, 0.6) is 0 Å². The number of hydrogen-bond donors (Lipinski definition) is 1. The van der Waals surface area contributed by atoms with Gasteiger partial charge < -0.3 is 5.73 Å². The van der Waals surface area contributed by atoms with Gasteiger partial charge in [0.15, 0.2) is 0 Å². The van der Waals surface area contributed by atoms with Gasteiger partial charge in [-0.1, -0.05) is 37.4 Å². The zero-order valence-electron chi connectivity index (χ0n) is 8.29. The molecule has 0 atom stereocenters. The Morgan fingerprint density at radius 1 is 1.07 bits per heavy atom. The first-order valence-corrected chi connectivity index (χ1v) is 4.91. The van der Waals surface area contributed by atoms with E-state index in [1.807, 2.05) is 12.2 Å². The van der Waals surface area contributed by atoms with Crippen molar-refractivity contribution in [2.45, 2.75) is 18.9 Å². The Morgan fingerprint density at radius 2 is 1.50 bits per heavy atom. The van der Waals surface area contributed by atoms with Gasteiger partial charge in [0.2, 0.25) is 0 Å². The van der Waals surface area contributed by atoms with Crippen LogP contribution in [0.3, 0.4) is 0 Å². The average Bonchev–Trinajstić information content (AvgIpc) is 2.54. The highest BCUT2D eigenvalue weighted by Crippen LogP contribution is 2.26. The van der Waals surface area contributed by atoms with Gasteiger partial charge in [-0.05, 0) is 35.1 Å². The van der Waals surface area contributed by atoms with Crippen LogP contribution in [0.4, 0.5) is 0 Å². The summed E-state index contributed by atoms with van der Waals surface area (Å²) in [6.07, 6.45) is 5.74. The molecule has 0 amide bonds. The van der Waals surface area contributed by atoms with E-state index in [1.165, 1.54) is 11.1 Å². The Bertz CT molecular complexity index is 353. The molecule has 2 N–H and O–H groups in total. The summed E-state index contributed by atoms with van der Waals surface area (Å²) in [5.74, 6) is 0. The van der Waals surface area contributed by atoms with Crippen molar-refractivity contribution in [2.24, 2.45) is 5.73 Å². The summed E-state index contributed by atoms with van der Waals surface area (Å²) in [4.78, 5) is 0. The average molecular weight is 185 g/mol. The Kier molecular flexibility index (Phi) is 2.26. The zero-order chi connectivity index (χ0) is 10.1. The minimum Gasteiger partial charge on any atom is -0.327 e. The van der Waals surface area contributed by atoms with Crippen LogP contribution in [0, 0.1) is 0 Å². The van der Waals surface area contributed by atoms with Crippen molar-refractivity contribution in [1.29, 1.82) is 0 Å². The Labute approximate surface area is 84.9 Å².